The van der Waals surface area contributed by atoms with E-state index in [9.17, 15) is 4.79 Å². The van der Waals surface area contributed by atoms with E-state index in [0.717, 1.165) is 16.9 Å². The maximum Gasteiger partial charge on any atom is 0.309 e. The number of benzene rings is 2. The fourth-order valence-corrected chi connectivity index (χ4v) is 4.48. The van der Waals surface area contributed by atoms with Gasteiger partial charge >= 0.3 is 5.97 Å². The first kappa shape index (κ1) is 27.4. The molecule has 7 heteroatoms. The van der Waals surface area contributed by atoms with Crippen LogP contribution in [-0.2, 0) is 20.4 Å². The van der Waals surface area contributed by atoms with E-state index >= 15 is 0 Å². The Labute approximate surface area is 204 Å². The van der Waals surface area contributed by atoms with E-state index in [4.69, 9.17) is 25.5 Å². The topological polar surface area (TPSA) is 56.8 Å². The number of esters is 1. The Morgan fingerprint density at radius 1 is 1.12 bits per heavy atom. The van der Waals surface area contributed by atoms with Crippen LogP contribution in [0.4, 0.5) is 0 Å². The molecule has 0 fully saturated rings. The summed E-state index contributed by atoms with van der Waals surface area (Å²) < 4.78 is 17.4. The second-order valence-corrected chi connectivity index (χ2v) is 15.1. The van der Waals surface area contributed by atoms with Crippen LogP contribution in [0.15, 0.2) is 48.5 Å². The van der Waals surface area contributed by atoms with Gasteiger partial charge in [-0.15, -0.1) is 0 Å². The predicted octanol–water partition coefficient (Wildman–Crippen LogP) is 6.18. The average Bonchev–Trinajstić information content (AvgIpc) is 2.75. The first-order valence-electron chi connectivity index (χ1n) is 11.4. The number of hydrogen-bond donors (Lipinski definition) is 1. The van der Waals surface area contributed by atoms with Crippen molar-refractivity contribution in [2.45, 2.75) is 64.4 Å². The molecule has 2 rings (SSSR count). The number of carbonyl (C=O) groups excluding carboxylic acids is 1. The molecule has 0 heterocycles. The van der Waals surface area contributed by atoms with Crippen molar-refractivity contribution in [2.24, 2.45) is 0 Å². The van der Waals surface area contributed by atoms with Gasteiger partial charge in [0.1, 0.15) is 12.4 Å². The van der Waals surface area contributed by atoms with Crippen molar-refractivity contribution in [1.82, 2.24) is 5.32 Å². The summed E-state index contributed by atoms with van der Waals surface area (Å²) in [4.78, 5) is 11.4. The van der Waals surface area contributed by atoms with Crippen molar-refractivity contribution < 1.29 is 18.7 Å². The van der Waals surface area contributed by atoms with Crippen LogP contribution in [0.5, 0.6) is 5.75 Å². The van der Waals surface area contributed by atoms with Gasteiger partial charge in [0.2, 0.25) is 0 Å². The van der Waals surface area contributed by atoms with Crippen LogP contribution in [0.1, 0.15) is 44.9 Å². The molecule has 0 aliphatic carbocycles. The smallest absolute Gasteiger partial charge is 0.309 e. The lowest BCUT2D eigenvalue weighted by Crippen LogP contribution is -2.44. The first-order chi connectivity index (χ1) is 15.4. The minimum atomic E-state index is -1.98. The second kappa shape index (κ2) is 12.0. The Morgan fingerprint density at radius 3 is 2.36 bits per heavy atom. The lowest BCUT2D eigenvalue weighted by Gasteiger charge is -2.39. The molecule has 33 heavy (non-hydrogen) atoms. The Morgan fingerprint density at radius 2 is 1.79 bits per heavy atom. The van der Waals surface area contributed by atoms with Gasteiger partial charge in [-0.2, -0.15) is 0 Å². The Kier molecular flexibility index (Phi) is 9.97. The molecule has 0 aromatic heterocycles. The Bertz CT molecular complexity index is 896. The summed E-state index contributed by atoms with van der Waals surface area (Å²) in [6, 6.07) is 15.5. The van der Waals surface area contributed by atoms with E-state index in [0.29, 0.717) is 18.2 Å². The van der Waals surface area contributed by atoms with E-state index in [1.54, 1.807) is 0 Å². The third kappa shape index (κ3) is 8.78. The van der Waals surface area contributed by atoms with Crippen LogP contribution in [0.3, 0.4) is 0 Å². The molecule has 1 N–H and O–H groups in total. The molecule has 2 atom stereocenters. The van der Waals surface area contributed by atoms with E-state index < -0.39 is 8.32 Å². The molecule has 0 bridgehead atoms. The highest BCUT2D eigenvalue weighted by Gasteiger charge is 2.39. The van der Waals surface area contributed by atoms with E-state index in [2.05, 4.69) is 52.2 Å². The molecule has 0 radical (unpaired) electrons. The van der Waals surface area contributed by atoms with Gasteiger partial charge in [-0.05, 0) is 60.4 Å². The van der Waals surface area contributed by atoms with Crippen LogP contribution in [-0.4, -0.2) is 40.6 Å². The highest BCUT2D eigenvalue weighted by atomic mass is 35.5. The minimum absolute atomic E-state index is 0.0929. The van der Waals surface area contributed by atoms with Gasteiger partial charge in [0.15, 0.2) is 8.32 Å². The maximum atomic E-state index is 11.4. The number of nitrogens with one attached hydrogen (secondary N) is 1. The Balaban J connectivity index is 1.96. The molecular weight excluding hydrogens is 454 g/mol. The summed E-state index contributed by atoms with van der Waals surface area (Å²) in [5, 5.41) is 4.38. The number of rotatable bonds is 11. The molecule has 0 aliphatic rings. The van der Waals surface area contributed by atoms with Gasteiger partial charge in [-0.3, -0.25) is 4.79 Å². The van der Waals surface area contributed by atoms with Crippen molar-refractivity contribution in [3.63, 3.8) is 0 Å². The van der Waals surface area contributed by atoms with Gasteiger partial charge in [0.25, 0.3) is 0 Å². The number of hydrogen-bond acceptors (Lipinski definition) is 5. The molecule has 0 unspecified atom stereocenters. The van der Waals surface area contributed by atoms with Crippen LogP contribution < -0.4 is 10.1 Å². The van der Waals surface area contributed by atoms with E-state index in [1.807, 2.05) is 42.5 Å². The zero-order valence-electron chi connectivity index (χ0n) is 20.9. The standard InChI is InChI=1S/C26H38ClNO4Si/c1-19(18-31-23-13-11-20(12-14-23)15-25(29)30-5)28-17-24(21-9-8-10-22(27)16-21)32-33(6,7)26(2,3)4/h8-14,16,19,24,28H,15,17-18H2,1-7H3/t19-,24+/m1/s1. The summed E-state index contributed by atoms with van der Waals surface area (Å²) in [5.74, 6) is 0.511. The number of halogens is 1. The molecule has 0 amide bonds. The third-order valence-corrected chi connectivity index (χ3v) is 10.8. The first-order valence-corrected chi connectivity index (χ1v) is 14.6. The van der Waals surface area contributed by atoms with Gasteiger partial charge in [0.05, 0.1) is 19.6 Å². The van der Waals surface area contributed by atoms with Crippen LogP contribution in [0.25, 0.3) is 0 Å². The largest absolute Gasteiger partial charge is 0.492 e. The van der Waals surface area contributed by atoms with Crippen molar-refractivity contribution in [2.75, 3.05) is 20.3 Å². The second-order valence-electron chi connectivity index (χ2n) is 9.94. The quantitative estimate of drug-likeness (QED) is 0.300. The van der Waals surface area contributed by atoms with Crippen LogP contribution in [0.2, 0.25) is 23.2 Å². The predicted molar refractivity (Wildman–Crippen MR) is 138 cm³/mol. The average molecular weight is 492 g/mol. The number of methoxy groups -OCH3 is 1. The SMILES string of the molecule is COC(=O)Cc1ccc(OC[C@@H](C)NC[C@H](O[Si](C)(C)C(C)(C)C)c2cccc(Cl)c2)cc1. The molecule has 0 aliphatic heterocycles. The van der Waals surface area contributed by atoms with Crippen LogP contribution >= 0.6 is 11.6 Å². The summed E-state index contributed by atoms with van der Waals surface area (Å²) in [6.45, 7) is 14.5. The fourth-order valence-electron chi connectivity index (χ4n) is 3.00. The Hall–Kier alpha value is -1.86. The number of carbonyl (C=O) groups is 1. The van der Waals surface area contributed by atoms with Gasteiger partial charge < -0.3 is 19.2 Å². The zero-order valence-corrected chi connectivity index (χ0v) is 22.7. The van der Waals surface area contributed by atoms with Crippen molar-refractivity contribution in [3.05, 3.63) is 64.7 Å². The molecule has 2 aromatic rings. The van der Waals surface area contributed by atoms with Crippen LogP contribution in [0, 0.1) is 0 Å². The molecule has 0 spiro atoms. The van der Waals surface area contributed by atoms with E-state index in [1.165, 1.54) is 7.11 Å². The number of ether oxygens (including phenoxy) is 2. The summed E-state index contributed by atoms with van der Waals surface area (Å²) >= 11 is 6.27. The molecule has 0 saturated carbocycles. The zero-order chi connectivity index (χ0) is 24.6. The van der Waals surface area contributed by atoms with Gasteiger partial charge in [-0.25, -0.2) is 0 Å². The monoisotopic (exact) mass is 491 g/mol. The third-order valence-electron chi connectivity index (χ3n) is 6.11. The highest BCUT2D eigenvalue weighted by Crippen LogP contribution is 2.39. The normalized spacial score (nSPS) is 13.9. The highest BCUT2D eigenvalue weighted by molar-refractivity contribution is 6.74. The molecule has 182 valence electrons. The van der Waals surface area contributed by atoms with Crippen molar-refractivity contribution >= 4 is 25.9 Å². The van der Waals surface area contributed by atoms with Crippen molar-refractivity contribution in [1.29, 1.82) is 0 Å². The fraction of sp³-hybridized carbons (Fsp3) is 0.500. The molecular formula is C26H38ClNO4Si. The minimum Gasteiger partial charge on any atom is -0.492 e. The molecule has 0 saturated heterocycles. The van der Waals surface area contributed by atoms with Crippen molar-refractivity contribution in [3.8, 4) is 5.75 Å². The summed E-state index contributed by atoms with van der Waals surface area (Å²) in [6.07, 6.45) is 0.165. The summed E-state index contributed by atoms with van der Waals surface area (Å²) in [5.41, 5.74) is 1.97. The summed E-state index contributed by atoms with van der Waals surface area (Å²) in [7, 11) is -0.587. The molecule has 5 nitrogen and oxygen atoms in total. The lowest BCUT2D eigenvalue weighted by molar-refractivity contribution is -0.139. The van der Waals surface area contributed by atoms with E-state index in [-0.39, 0.29) is 29.6 Å². The van der Waals surface area contributed by atoms with Gasteiger partial charge in [0, 0.05) is 17.6 Å². The molecule has 2 aromatic carbocycles. The van der Waals surface area contributed by atoms with Gasteiger partial charge in [-0.1, -0.05) is 56.6 Å². The lowest BCUT2D eigenvalue weighted by atomic mass is 10.1. The maximum absolute atomic E-state index is 11.4.